The molecule has 3 N–H and O–H groups in total. The number of benzene rings is 1. The predicted octanol–water partition coefficient (Wildman–Crippen LogP) is 1.23. The summed E-state index contributed by atoms with van der Waals surface area (Å²) in [5, 5.41) is 2.63. The predicted molar refractivity (Wildman–Crippen MR) is 91.5 cm³/mol. The highest BCUT2D eigenvalue weighted by Crippen LogP contribution is 2.04. The first-order valence-electron chi connectivity index (χ1n) is 7.42. The van der Waals surface area contributed by atoms with Crippen molar-refractivity contribution < 1.29 is 9.59 Å². The van der Waals surface area contributed by atoms with Gasteiger partial charge in [0.2, 0.25) is 11.8 Å². The molecule has 122 valence electrons. The molecule has 0 unspecified atom stereocenters. The third-order valence-electron chi connectivity index (χ3n) is 3.33. The molecule has 0 radical (unpaired) electrons. The molecule has 0 saturated carbocycles. The molecule has 1 aromatic rings. The van der Waals surface area contributed by atoms with Crippen LogP contribution in [0.5, 0.6) is 0 Å². The van der Waals surface area contributed by atoms with Crippen LogP contribution in [0.4, 0.5) is 0 Å². The highest BCUT2D eigenvalue weighted by molar-refractivity contribution is 7.98. The maximum absolute atomic E-state index is 12.2. The quantitative estimate of drug-likeness (QED) is 0.717. The van der Waals surface area contributed by atoms with Gasteiger partial charge < -0.3 is 16.0 Å². The van der Waals surface area contributed by atoms with E-state index in [-0.39, 0.29) is 18.4 Å². The van der Waals surface area contributed by atoms with E-state index in [1.807, 2.05) is 43.5 Å². The Morgan fingerprint density at radius 2 is 2.00 bits per heavy atom. The van der Waals surface area contributed by atoms with Crippen LogP contribution in [0.1, 0.15) is 18.9 Å². The van der Waals surface area contributed by atoms with Gasteiger partial charge in [0.1, 0.15) is 0 Å². The van der Waals surface area contributed by atoms with Crippen LogP contribution >= 0.6 is 11.8 Å². The number of carbonyl (C=O) groups is 2. The molecular weight excluding hydrogens is 298 g/mol. The summed E-state index contributed by atoms with van der Waals surface area (Å²) in [6.45, 7) is 3.06. The zero-order chi connectivity index (χ0) is 16.4. The molecule has 0 aliphatic rings. The Hall–Kier alpha value is -1.53. The van der Waals surface area contributed by atoms with Crippen molar-refractivity contribution in [2.75, 3.05) is 25.1 Å². The fourth-order valence-electron chi connectivity index (χ4n) is 1.96. The lowest BCUT2D eigenvalue weighted by molar-refractivity contribution is -0.133. The second-order valence-corrected chi connectivity index (χ2v) is 5.98. The summed E-state index contributed by atoms with van der Waals surface area (Å²) in [5.74, 6) is 0.465. The monoisotopic (exact) mass is 323 g/mol. The minimum atomic E-state index is -0.551. The van der Waals surface area contributed by atoms with Crippen LogP contribution in [0, 0.1) is 0 Å². The van der Waals surface area contributed by atoms with Gasteiger partial charge in [-0.2, -0.15) is 11.8 Å². The molecule has 0 aliphatic carbocycles. The first kappa shape index (κ1) is 18.5. The van der Waals surface area contributed by atoms with Gasteiger partial charge in [0.15, 0.2) is 0 Å². The molecule has 1 aromatic carbocycles. The number of likely N-dealkylation sites (N-methyl/N-ethyl adjacent to an activating group) is 1. The second kappa shape index (κ2) is 10.2. The third-order valence-corrected chi connectivity index (χ3v) is 3.98. The van der Waals surface area contributed by atoms with Crippen LogP contribution in [0.25, 0.3) is 0 Å². The van der Waals surface area contributed by atoms with Crippen LogP contribution < -0.4 is 11.1 Å². The molecule has 2 amide bonds. The van der Waals surface area contributed by atoms with Gasteiger partial charge >= 0.3 is 0 Å². The van der Waals surface area contributed by atoms with Crippen LogP contribution in [-0.4, -0.2) is 47.9 Å². The maximum Gasteiger partial charge on any atom is 0.242 e. The number of nitrogens with one attached hydrogen (secondary N) is 1. The standard InChI is InChI=1S/C16H25N3O2S/c1-3-19(12-13-7-5-4-6-8-13)15(20)11-18-16(21)14(17)9-10-22-2/h4-8,14H,3,9-12,17H2,1-2H3,(H,18,21)/t14-/m0/s1. The van der Waals surface area contributed by atoms with E-state index in [2.05, 4.69) is 5.32 Å². The molecular formula is C16H25N3O2S. The van der Waals surface area contributed by atoms with E-state index >= 15 is 0 Å². The summed E-state index contributed by atoms with van der Waals surface area (Å²) < 4.78 is 0. The number of hydrogen-bond donors (Lipinski definition) is 2. The van der Waals surface area contributed by atoms with Crippen molar-refractivity contribution in [2.24, 2.45) is 5.73 Å². The van der Waals surface area contributed by atoms with Crippen LogP contribution in [0.3, 0.4) is 0 Å². The van der Waals surface area contributed by atoms with E-state index in [9.17, 15) is 9.59 Å². The zero-order valence-electron chi connectivity index (χ0n) is 13.2. The van der Waals surface area contributed by atoms with Crippen molar-refractivity contribution in [3.63, 3.8) is 0 Å². The molecule has 22 heavy (non-hydrogen) atoms. The molecule has 0 spiro atoms. The van der Waals surface area contributed by atoms with E-state index in [0.29, 0.717) is 19.5 Å². The van der Waals surface area contributed by atoms with E-state index in [1.54, 1.807) is 16.7 Å². The number of rotatable bonds is 9. The third kappa shape index (κ3) is 6.49. The Morgan fingerprint density at radius 3 is 2.59 bits per heavy atom. The lowest BCUT2D eigenvalue weighted by Gasteiger charge is -2.21. The van der Waals surface area contributed by atoms with Crippen molar-refractivity contribution >= 4 is 23.6 Å². The highest BCUT2D eigenvalue weighted by atomic mass is 32.2. The Balaban J connectivity index is 2.43. The largest absolute Gasteiger partial charge is 0.346 e. The summed E-state index contributed by atoms with van der Waals surface area (Å²) in [6, 6.07) is 9.24. The number of thioether (sulfide) groups is 1. The number of nitrogens with zero attached hydrogens (tertiary/aromatic N) is 1. The van der Waals surface area contributed by atoms with Gasteiger partial charge in [-0.25, -0.2) is 0 Å². The average Bonchev–Trinajstić information content (AvgIpc) is 2.55. The van der Waals surface area contributed by atoms with Gasteiger partial charge in [0.05, 0.1) is 12.6 Å². The number of amides is 2. The molecule has 5 nitrogen and oxygen atoms in total. The summed E-state index contributed by atoms with van der Waals surface area (Å²) >= 11 is 1.65. The van der Waals surface area contributed by atoms with Crippen molar-refractivity contribution in [1.29, 1.82) is 0 Å². The molecule has 1 rings (SSSR count). The van der Waals surface area contributed by atoms with Crippen molar-refractivity contribution in [3.8, 4) is 0 Å². The SMILES string of the molecule is CCN(Cc1ccccc1)C(=O)CNC(=O)[C@@H](N)CCSC. The summed E-state index contributed by atoms with van der Waals surface area (Å²) in [4.78, 5) is 25.7. The van der Waals surface area contributed by atoms with E-state index in [4.69, 9.17) is 5.73 Å². The van der Waals surface area contributed by atoms with E-state index < -0.39 is 6.04 Å². The molecule has 0 fully saturated rings. The maximum atomic E-state index is 12.2. The Morgan fingerprint density at radius 1 is 1.32 bits per heavy atom. The van der Waals surface area contributed by atoms with Gasteiger partial charge in [-0.1, -0.05) is 30.3 Å². The smallest absolute Gasteiger partial charge is 0.242 e. The fraction of sp³-hybridized carbons (Fsp3) is 0.500. The lowest BCUT2D eigenvalue weighted by Crippen LogP contribution is -2.46. The minimum absolute atomic E-state index is 0.00747. The van der Waals surface area contributed by atoms with E-state index in [0.717, 1.165) is 11.3 Å². The van der Waals surface area contributed by atoms with Gasteiger partial charge in [0.25, 0.3) is 0 Å². The molecule has 1 atom stereocenters. The number of carbonyl (C=O) groups excluding carboxylic acids is 2. The molecule has 0 heterocycles. The van der Waals surface area contributed by atoms with Gasteiger partial charge in [-0.3, -0.25) is 9.59 Å². The fourth-order valence-corrected chi connectivity index (χ4v) is 2.45. The molecule has 0 bridgehead atoms. The number of hydrogen-bond acceptors (Lipinski definition) is 4. The molecule has 0 saturated heterocycles. The van der Waals surface area contributed by atoms with Crippen LogP contribution in [0.15, 0.2) is 30.3 Å². The lowest BCUT2D eigenvalue weighted by atomic mass is 10.2. The molecule has 0 aliphatic heterocycles. The van der Waals surface area contributed by atoms with Gasteiger partial charge in [-0.05, 0) is 30.9 Å². The molecule has 6 heteroatoms. The summed E-state index contributed by atoms with van der Waals surface area (Å²) in [5.41, 5.74) is 6.84. The molecule has 0 aromatic heterocycles. The Kier molecular flexibility index (Phi) is 8.62. The van der Waals surface area contributed by atoms with Crippen molar-refractivity contribution in [1.82, 2.24) is 10.2 Å². The number of nitrogens with two attached hydrogens (primary N) is 1. The zero-order valence-corrected chi connectivity index (χ0v) is 14.1. The highest BCUT2D eigenvalue weighted by Gasteiger charge is 2.16. The Labute approximate surface area is 136 Å². The normalized spacial score (nSPS) is 11.8. The average molecular weight is 323 g/mol. The second-order valence-electron chi connectivity index (χ2n) is 5.00. The van der Waals surface area contributed by atoms with Crippen molar-refractivity contribution in [2.45, 2.75) is 25.9 Å². The van der Waals surface area contributed by atoms with Crippen molar-refractivity contribution in [3.05, 3.63) is 35.9 Å². The minimum Gasteiger partial charge on any atom is -0.346 e. The van der Waals surface area contributed by atoms with Crippen LogP contribution in [-0.2, 0) is 16.1 Å². The van der Waals surface area contributed by atoms with E-state index in [1.165, 1.54) is 0 Å². The summed E-state index contributed by atoms with van der Waals surface area (Å²) in [7, 11) is 0. The van der Waals surface area contributed by atoms with Crippen LogP contribution in [0.2, 0.25) is 0 Å². The first-order chi connectivity index (χ1) is 10.6. The van der Waals surface area contributed by atoms with Gasteiger partial charge in [0, 0.05) is 13.1 Å². The summed E-state index contributed by atoms with van der Waals surface area (Å²) in [6.07, 6.45) is 2.58. The first-order valence-corrected chi connectivity index (χ1v) is 8.81. The topological polar surface area (TPSA) is 75.4 Å². The van der Waals surface area contributed by atoms with Gasteiger partial charge in [-0.15, -0.1) is 0 Å². The Bertz CT molecular complexity index is 468.